The molecule has 0 spiro atoms. The van der Waals surface area contributed by atoms with Gasteiger partial charge in [-0.1, -0.05) is 0 Å². The molecule has 2 rings (SSSR count). The summed E-state index contributed by atoms with van der Waals surface area (Å²) in [5.41, 5.74) is 1.62. The van der Waals surface area contributed by atoms with Crippen molar-refractivity contribution in [2.45, 2.75) is 6.92 Å². The van der Waals surface area contributed by atoms with Crippen molar-refractivity contribution < 1.29 is 14.3 Å². The molecule has 1 aliphatic rings. The number of carbonyl (C=O) groups is 1. The highest BCUT2D eigenvalue weighted by Gasteiger charge is 2.22. The zero-order valence-corrected chi connectivity index (χ0v) is 7.59. The van der Waals surface area contributed by atoms with E-state index in [1.165, 1.54) is 0 Å². The van der Waals surface area contributed by atoms with Gasteiger partial charge in [-0.05, 0) is 18.6 Å². The summed E-state index contributed by atoms with van der Waals surface area (Å²) in [7, 11) is 1.60. The summed E-state index contributed by atoms with van der Waals surface area (Å²) in [6, 6.07) is 3.57. The van der Waals surface area contributed by atoms with Gasteiger partial charge in [0.15, 0.2) is 6.61 Å². The van der Waals surface area contributed by atoms with Gasteiger partial charge in [0.25, 0.3) is 0 Å². The van der Waals surface area contributed by atoms with E-state index in [9.17, 15) is 4.79 Å². The third-order valence-electron chi connectivity index (χ3n) is 2.16. The normalized spacial score (nSPS) is 13.8. The Morgan fingerprint density at radius 3 is 2.92 bits per heavy atom. The van der Waals surface area contributed by atoms with Crippen LogP contribution < -0.4 is 9.47 Å². The molecule has 68 valence electrons. The quantitative estimate of drug-likeness (QED) is 0.655. The summed E-state index contributed by atoms with van der Waals surface area (Å²) >= 11 is 0. The fraction of sp³-hybridized carbons (Fsp3) is 0.300. The highest BCUT2D eigenvalue weighted by Crippen LogP contribution is 2.32. The topological polar surface area (TPSA) is 35.5 Å². The van der Waals surface area contributed by atoms with Crippen molar-refractivity contribution in [1.82, 2.24) is 0 Å². The van der Waals surface area contributed by atoms with Gasteiger partial charge in [-0.25, -0.2) is 0 Å². The SMILES string of the molecule is COc1cc2c(cc1C)C(=O)CO2. The lowest BCUT2D eigenvalue weighted by Crippen LogP contribution is -1.98. The molecule has 1 heterocycles. The first-order valence-corrected chi connectivity index (χ1v) is 4.07. The predicted octanol–water partition coefficient (Wildman–Crippen LogP) is 1.58. The lowest BCUT2D eigenvalue weighted by molar-refractivity contribution is 0.0961. The third-order valence-corrected chi connectivity index (χ3v) is 2.16. The maximum atomic E-state index is 11.3. The lowest BCUT2D eigenvalue weighted by atomic mass is 10.1. The van der Waals surface area contributed by atoms with E-state index in [0.717, 1.165) is 11.3 Å². The Labute approximate surface area is 76.3 Å². The number of Topliss-reactive ketones (excluding diaryl/α,β-unsaturated/α-hetero) is 1. The molecular formula is C10H10O3. The van der Waals surface area contributed by atoms with Crippen molar-refractivity contribution in [2.75, 3.05) is 13.7 Å². The number of carbonyl (C=O) groups excluding carboxylic acids is 1. The number of hydrogen-bond donors (Lipinski definition) is 0. The molecule has 0 aromatic heterocycles. The first-order valence-electron chi connectivity index (χ1n) is 4.07. The van der Waals surface area contributed by atoms with Gasteiger partial charge < -0.3 is 9.47 Å². The summed E-state index contributed by atoms with van der Waals surface area (Å²) in [5, 5.41) is 0. The van der Waals surface area contributed by atoms with Gasteiger partial charge in [0.1, 0.15) is 11.5 Å². The average molecular weight is 178 g/mol. The standard InChI is InChI=1S/C10H10O3/c1-6-3-7-8(11)5-13-10(7)4-9(6)12-2/h3-4H,5H2,1-2H3. The maximum absolute atomic E-state index is 11.3. The number of methoxy groups -OCH3 is 1. The predicted molar refractivity (Wildman–Crippen MR) is 47.6 cm³/mol. The zero-order valence-electron chi connectivity index (χ0n) is 7.59. The molecule has 3 nitrogen and oxygen atoms in total. The molecule has 13 heavy (non-hydrogen) atoms. The smallest absolute Gasteiger partial charge is 0.203 e. The fourth-order valence-electron chi connectivity index (χ4n) is 1.45. The number of rotatable bonds is 1. The van der Waals surface area contributed by atoms with Crippen LogP contribution in [-0.2, 0) is 0 Å². The highest BCUT2D eigenvalue weighted by molar-refractivity contribution is 6.02. The number of ether oxygens (including phenoxy) is 2. The summed E-state index contributed by atoms with van der Waals surface area (Å²) in [6.07, 6.45) is 0. The molecule has 0 saturated heterocycles. The minimum absolute atomic E-state index is 0.0424. The Hall–Kier alpha value is -1.51. The number of fused-ring (bicyclic) bond motifs is 1. The summed E-state index contributed by atoms with van der Waals surface area (Å²) in [6.45, 7) is 2.06. The molecule has 0 fully saturated rings. The number of ketones is 1. The van der Waals surface area contributed by atoms with Crippen LogP contribution in [0.1, 0.15) is 15.9 Å². The molecule has 0 unspecified atom stereocenters. The number of benzene rings is 1. The third kappa shape index (κ3) is 1.16. The van der Waals surface area contributed by atoms with Crippen molar-refractivity contribution in [3.8, 4) is 11.5 Å². The van der Waals surface area contributed by atoms with E-state index in [4.69, 9.17) is 9.47 Å². The first kappa shape index (κ1) is 8.10. The van der Waals surface area contributed by atoms with Crippen LogP contribution in [0.5, 0.6) is 11.5 Å². The van der Waals surface area contributed by atoms with Gasteiger partial charge >= 0.3 is 0 Å². The van der Waals surface area contributed by atoms with Crippen molar-refractivity contribution in [3.63, 3.8) is 0 Å². The largest absolute Gasteiger partial charge is 0.496 e. The van der Waals surface area contributed by atoms with E-state index in [2.05, 4.69) is 0 Å². The lowest BCUT2D eigenvalue weighted by Gasteiger charge is -2.05. The first-order chi connectivity index (χ1) is 6.22. The van der Waals surface area contributed by atoms with Gasteiger partial charge in [0.05, 0.1) is 12.7 Å². The Kier molecular flexibility index (Phi) is 1.72. The molecule has 0 radical (unpaired) electrons. The molecule has 3 heteroatoms. The van der Waals surface area contributed by atoms with E-state index < -0.39 is 0 Å². The van der Waals surface area contributed by atoms with Crippen LogP contribution in [0, 0.1) is 6.92 Å². The minimum atomic E-state index is 0.0424. The molecule has 0 N–H and O–H groups in total. The molecule has 1 aliphatic heterocycles. The highest BCUT2D eigenvalue weighted by atomic mass is 16.5. The van der Waals surface area contributed by atoms with E-state index in [0.29, 0.717) is 11.3 Å². The molecule has 0 saturated carbocycles. The summed E-state index contributed by atoms with van der Waals surface area (Å²) in [4.78, 5) is 11.3. The van der Waals surface area contributed by atoms with E-state index >= 15 is 0 Å². The fourth-order valence-corrected chi connectivity index (χ4v) is 1.45. The van der Waals surface area contributed by atoms with Crippen LogP contribution in [0.3, 0.4) is 0 Å². The van der Waals surface area contributed by atoms with E-state index in [1.807, 2.05) is 13.0 Å². The van der Waals surface area contributed by atoms with Gasteiger partial charge in [-0.3, -0.25) is 4.79 Å². The van der Waals surface area contributed by atoms with Gasteiger partial charge in [0, 0.05) is 6.07 Å². The van der Waals surface area contributed by atoms with Crippen LogP contribution in [-0.4, -0.2) is 19.5 Å². The van der Waals surface area contributed by atoms with Crippen LogP contribution in [0.2, 0.25) is 0 Å². The second kappa shape index (κ2) is 2.76. The molecule has 0 bridgehead atoms. The van der Waals surface area contributed by atoms with Crippen molar-refractivity contribution >= 4 is 5.78 Å². The van der Waals surface area contributed by atoms with Crippen LogP contribution in [0.25, 0.3) is 0 Å². The number of hydrogen-bond acceptors (Lipinski definition) is 3. The molecule has 1 aromatic rings. The van der Waals surface area contributed by atoms with Gasteiger partial charge in [-0.2, -0.15) is 0 Å². The molecular weight excluding hydrogens is 168 g/mol. The zero-order chi connectivity index (χ0) is 9.42. The molecule has 0 atom stereocenters. The Bertz CT molecular complexity index is 369. The van der Waals surface area contributed by atoms with Gasteiger partial charge in [-0.15, -0.1) is 0 Å². The molecule has 0 amide bonds. The van der Waals surface area contributed by atoms with Crippen LogP contribution >= 0.6 is 0 Å². The minimum Gasteiger partial charge on any atom is -0.496 e. The second-order valence-electron chi connectivity index (χ2n) is 3.03. The second-order valence-corrected chi connectivity index (χ2v) is 3.03. The van der Waals surface area contributed by atoms with Gasteiger partial charge in [0.2, 0.25) is 5.78 Å². The summed E-state index contributed by atoms with van der Waals surface area (Å²) < 4.78 is 10.3. The average Bonchev–Trinajstić information content (AvgIpc) is 2.47. The Balaban J connectivity index is 2.56. The molecule has 0 aliphatic carbocycles. The number of aryl methyl sites for hydroxylation is 1. The Morgan fingerprint density at radius 1 is 1.46 bits per heavy atom. The van der Waals surface area contributed by atoms with E-state index in [1.54, 1.807) is 13.2 Å². The van der Waals surface area contributed by atoms with Crippen molar-refractivity contribution in [3.05, 3.63) is 23.3 Å². The van der Waals surface area contributed by atoms with Crippen LogP contribution in [0.15, 0.2) is 12.1 Å². The van der Waals surface area contributed by atoms with Crippen molar-refractivity contribution in [1.29, 1.82) is 0 Å². The monoisotopic (exact) mass is 178 g/mol. The van der Waals surface area contributed by atoms with Crippen LogP contribution in [0.4, 0.5) is 0 Å². The summed E-state index contributed by atoms with van der Waals surface area (Å²) in [5.74, 6) is 1.43. The van der Waals surface area contributed by atoms with Crippen molar-refractivity contribution in [2.24, 2.45) is 0 Å². The Morgan fingerprint density at radius 2 is 2.23 bits per heavy atom. The molecule has 1 aromatic carbocycles. The maximum Gasteiger partial charge on any atom is 0.203 e. The van der Waals surface area contributed by atoms with E-state index in [-0.39, 0.29) is 12.4 Å².